The van der Waals surface area contributed by atoms with Crippen LogP contribution in [0.3, 0.4) is 0 Å². The van der Waals surface area contributed by atoms with Crippen molar-refractivity contribution in [3.63, 3.8) is 0 Å². The molecule has 3 aliphatic carbocycles. The molecule has 1 N–H and O–H groups in total. The highest BCUT2D eigenvalue weighted by Gasteiger charge is 2.50. The highest BCUT2D eigenvalue weighted by molar-refractivity contribution is 5.36. The summed E-state index contributed by atoms with van der Waals surface area (Å²) < 4.78 is 24.4. The number of rotatable bonds is 5. The first-order chi connectivity index (χ1) is 15.0. The lowest BCUT2D eigenvalue weighted by Crippen LogP contribution is -2.35. The van der Waals surface area contributed by atoms with Gasteiger partial charge in [-0.3, -0.25) is 0 Å². The van der Waals surface area contributed by atoms with Crippen LogP contribution >= 0.6 is 0 Å². The van der Waals surface area contributed by atoms with E-state index in [9.17, 15) is 5.11 Å². The second kappa shape index (κ2) is 9.38. The van der Waals surface area contributed by atoms with Gasteiger partial charge in [-0.2, -0.15) is 0 Å². The van der Waals surface area contributed by atoms with Crippen LogP contribution in [0.2, 0.25) is 0 Å². The van der Waals surface area contributed by atoms with Crippen LogP contribution in [0.4, 0.5) is 0 Å². The Morgan fingerprint density at radius 3 is 2.69 bits per heavy atom. The number of aliphatic hydroxyl groups is 1. The maximum atomic E-state index is 10.2. The van der Waals surface area contributed by atoms with E-state index >= 15 is 0 Å². The van der Waals surface area contributed by atoms with Gasteiger partial charge in [0.2, 0.25) is 0 Å². The lowest BCUT2D eigenvalue weighted by Gasteiger charge is -2.44. The molecule has 0 spiro atoms. The van der Waals surface area contributed by atoms with Gasteiger partial charge in [0.1, 0.15) is 0 Å². The average molecular weight is 400 g/mol. The van der Waals surface area contributed by atoms with Gasteiger partial charge >= 0.3 is 0 Å². The van der Waals surface area contributed by atoms with E-state index in [4.69, 9.17) is 4.11 Å². The Labute approximate surface area is 184 Å². The summed E-state index contributed by atoms with van der Waals surface area (Å²) in [6, 6.07) is 0.428. The van der Waals surface area contributed by atoms with Crippen molar-refractivity contribution in [3.05, 3.63) is 47.5 Å². The maximum absolute atomic E-state index is 10.2. The Morgan fingerprint density at radius 1 is 1.17 bits per heavy atom. The molecule has 5 unspecified atom stereocenters. The molecule has 162 valence electrons. The predicted molar refractivity (Wildman–Crippen MR) is 126 cm³/mol. The fourth-order valence-electron chi connectivity index (χ4n) is 6.07. The van der Waals surface area contributed by atoms with E-state index in [1.165, 1.54) is 31.3 Å². The standard InChI is InChI=1S/C28H44O/c1-19(2)20(3)9-10-22(5)26-15-16-27-23(8-7-17-28(26,27)6)12-13-24-18-25(29)14-11-21(24)4/h9-10,12-13,19-20,22,25-27,29H,4,7-8,11,14-18H2,1-3,5-6H3/t20?,22?,25?,26?,27?,28-/m1/s1/i4D2,13D. The van der Waals surface area contributed by atoms with Crippen LogP contribution in [0.15, 0.2) is 47.5 Å². The maximum Gasteiger partial charge on any atom is 0.0626 e. The van der Waals surface area contributed by atoms with Crippen molar-refractivity contribution < 1.29 is 9.22 Å². The van der Waals surface area contributed by atoms with Gasteiger partial charge in [0.05, 0.1) is 10.2 Å². The van der Waals surface area contributed by atoms with Crippen LogP contribution in [0.1, 0.15) is 90.1 Å². The Kier molecular flexibility index (Phi) is 6.04. The minimum Gasteiger partial charge on any atom is -0.393 e. The molecule has 3 aliphatic rings. The summed E-state index contributed by atoms with van der Waals surface area (Å²) in [6.45, 7) is 11.6. The molecule has 0 amide bonds. The monoisotopic (exact) mass is 399 g/mol. The molecule has 0 heterocycles. The SMILES string of the molecule is [2H]C([2H])=C1CCC(O)CC1=C([2H])C=C1CCC[C@@]2(C)C1CCC2C(C)C=CC(C)C(C)C. The number of aliphatic hydroxyl groups excluding tert-OH is 1. The zero-order chi connectivity index (χ0) is 23.6. The first-order valence-electron chi connectivity index (χ1n) is 13.5. The summed E-state index contributed by atoms with van der Waals surface area (Å²) in [5.74, 6) is 3.04. The Bertz CT molecular complexity index is 801. The van der Waals surface area contributed by atoms with Gasteiger partial charge in [0, 0.05) is 0 Å². The second-order valence-electron chi connectivity index (χ2n) is 10.7. The molecule has 0 aromatic rings. The molecule has 3 saturated carbocycles. The quantitative estimate of drug-likeness (QED) is 0.471. The second-order valence-corrected chi connectivity index (χ2v) is 10.7. The fraction of sp³-hybridized carbons (Fsp3) is 0.714. The van der Waals surface area contributed by atoms with Crippen LogP contribution in [0.5, 0.6) is 0 Å². The van der Waals surface area contributed by atoms with E-state index < -0.39 is 6.10 Å². The molecule has 0 bridgehead atoms. The van der Waals surface area contributed by atoms with Gasteiger partial charge < -0.3 is 5.11 Å². The molecule has 0 aliphatic heterocycles. The van der Waals surface area contributed by atoms with Gasteiger partial charge in [-0.1, -0.05) is 76.6 Å². The Morgan fingerprint density at radius 2 is 1.97 bits per heavy atom. The van der Waals surface area contributed by atoms with Crippen molar-refractivity contribution in [2.24, 2.45) is 35.0 Å². The summed E-state index contributed by atoms with van der Waals surface area (Å²) in [6.07, 6.45) is 13.9. The molecule has 0 aromatic carbocycles. The van der Waals surface area contributed by atoms with E-state index in [1.54, 1.807) is 0 Å². The third kappa shape index (κ3) is 4.98. The van der Waals surface area contributed by atoms with Gasteiger partial charge in [-0.05, 0) is 91.9 Å². The molecule has 29 heavy (non-hydrogen) atoms. The van der Waals surface area contributed by atoms with Crippen molar-refractivity contribution in [2.45, 2.75) is 92.1 Å². The zero-order valence-electron chi connectivity index (χ0n) is 22.3. The van der Waals surface area contributed by atoms with Crippen molar-refractivity contribution in [3.8, 4) is 0 Å². The first-order valence-corrected chi connectivity index (χ1v) is 12.0. The van der Waals surface area contributed by atoms with E-state index in [2.05, 4.69) is 52.8 Å². The first kappa shape index (κ1) is 18.7. The normalized spacial score (nSPS) is 39.8. The van der Waals surface area contributed by atoms with Crippen LogP contribution in [0, 0.1) is 35.0 Å². The van der Waals surface area contributed by atoms with E-state index in [0.29, 0.717) is 60.5 Å². The van der Waals surface area contributed by atoms with E-state index in [0.717, 1.165) is 12.0 Å². The largest absolute Gasteiger partial charge is 0.393 e. The van der Waals surface area contributed by atoms with Crippen LogP contribution in [-0.2, 0) is 0 Å². The van der Waals surface area contributed by atoms with Crippen LogP contribution in [0.25, 0.3) is 0 Å². The summed E-state index contributed by atoms with van der Waals surface area (Å²) in [4.78, 5) is 0. The minimum absolute atomic E-state index is 0.194. The molecule has 3 rings (SSSR count). The molecule has 6 atom stereocenters. The van der Waals surface area contributed by atoms with Crippen molar-refractivity contribution in [1.29, 1.82) is 0 Å². The van der Waals surface area contributed by atoms with E-state index in [1.807, 2.05) is 0 Å². The smallest absolute Gasteiger partial charge is 0.0626 e. The molecule has 0 radical (unpaired) electrons. The molecule has 0 aromatic heterocycles. The summed E-state index contributed by atoms with van der Waals surface area (Å²) in [5, 5.41) is 10.2. The highest BCUT2D eigenvalue weighted by Crippen LogP contribution is 2.59. The lowest BCUT2D eigenvalue weighted by molar-refractivity contribution is 0.112. The number of allylic oxidation sites excluding steroid dienone is 6. The van der Waals surface area contributed by atoms with Crippen molar-refractivity contribution in [2.75, 3.05) is 0 Å². The molecular formula is C28H44O. The lowest BCUT2D eigenvalue weighted by atomic mass is 9.61. The van der Waals surface area contributed by atoms with Crippen LogP contribution < -0.4 is 0 Å². The predicted octanol–water partition coefficient (Wildman–Crippen LogP) is 7.64. The molecule has 3 fully saturated rings. The molecule has 0 saturated heterocycles. The highest BCUT2D eigenvalue weighted by atomic mass is 16.3. The summed E-state index contributed by atoms with van der Waals surface area (Å²) in [5.41, 5.74) is 3.04. The van der Waals surface area contributed by atoms with Crippen molar-refractivity contribution >= 4 is 0 Å². The fourth-order valence-corrected chi connectivity index (χ4v) is 6.07. The zero-order valence-corrected chi connectivity index (χ0v) is 19.3. The van der Waals surface area contributed by atoms with Crippen LogP contribution in [-0.4, -0.2) is 11.2 Å². The van der Waals surface area contributed by atoms with Gasteiger partial charge in [-0.25, -0.2) is 0 Å². The summed E-state index contributed by atoms with van der Waals surface area (Å²) >= 11 is 0. The molecular weight excluding hydrogens is 352 g/mol. The molecule has 1 nitrogen and oxygen atoms in total. The van der Waals surface area contributed by atoms with Gasteiger partial charge in [0.25, 0.3) is 0 Å². The minimum atomic E-state index is -0.458. The van der Waals surface area contributed by atoms with E-state index in [-0.39, 0.29) is 11.9 Å². The van der Waals surface area contributed by atoms with Gasteiger partial charge in [-0.15, -0.1) is 0 Å². The third-order valence-electron chi connectivity index (χ3n) is 8.41. The Balaban J connectivity index is 1.85. The average Bonchev–Trinajstić information content (AvgIpc) is 3.09. The number of hydrogen-bond donors (Lipinski definition) is 1. The number of fused-ring (bicyclic) bond motifs is 1. The van der Waals surface area contributed by atoms with Gasteiger partial charge in [0.15, 0.2) is 0 Å². The Hall–Kier alpha value is -1.08. The molecule has 1 heteroatoms. The number of hydrogen-bond acceptors (Lipinski definition) is 1. The third-order valence-corrected chi connectivity index (χ3v) is 8.41. The topological polar surface area (TPSA) is 20.2 Å². The van der Waals surface area contributed by atoms with Crippen molar-refractivity contribution in [1.82, 2.24) is 0 Å². The summed E-state index contributed by atoms with van der Waals surface area (Å²) in [7, 11) is 0.